The highest BCUT2D eigenvalue weighted by Gasteiger charge is 2.10. The Hall–Kier alpha value is -0.510. The molecule has 1 nitrogen and oxygen atoms in total. The van der Waals surface area contributed by atoms with E-state index in [9.17, 15) is 0 Å². The SMILES string of the molecule is [C-]#[N+]CCC(C)(C)C. The zero-order chi connectivity index (χ0) is 6.62. The minimum atomic E-state index is 0.338. The minimum absolute atomic E-state index is 0.338. The zero-order valence-electron chi connectivity index (χ0n) is 5.86. The molecule has 8 heavy (non-hydrogen) atoms. The lowest BCUT2D eigenvalue weighted by atomic mass is 9.93. The molecule has 0 saturated heterocycles. The van der Waals surface area contributed by atoms with Gasteiger partial charge in [-0.1, -0.05) is 20.8 Å². The third-order valence-electron chi connectivity index (χ3n) is 0.974. The maximum atomic E-state index is 6.51. The highest BCUT2D eigenvalue weighted by Crippen LogP contribution is 2.17. The zero-order valence-corrected chi connectivity index (χ0v) is 5.86. The molecule has 0 fully saturated rings. The average molecular weight is 111 g/mol. The Labute approximate surface area is 51.5 Å². The van der Waals surface area contributed by atoms with Gasteiger partial charge in [-0.2, -0.15) is 0 Å². The van der Waals surface area contributed by atoms with Crippen molar-refractivity contribution < 1.29 is 0 Å². The Morgan fingerprint density at radius 1 is 1.38 bits per heavy atom. The molecule has 0 rings (SSSR count). The fourth-order valence-corrected chi connectivity index (χ4v) is 0.391. The van der Waals surface area contributed by atoms with Gasteiger partial charge in [0, 0.05) is 6.42 Å². The van der Waals surface area contributed by atoms with Gasteiger partial charge in [-0.3, -0.25) is 0 Å². The van der Waals surface area contributed by atoms with E-state index < -0.39 is 0 Å². The first-order chi connectivity index (χ1) is 3.56. The van der Waals surface area contributed by atoms with Crippen molar-refractivity contribution in [2.45, 2.75) is 27.2 Å². The number of rotatable bonds is 1. The van der Waals surface area contributed by atoms with Crippen LogP contribution in [-0.2, 0) is 0 Å². The standard InChI is InChI=1S/C7H13N/c1-7(2,3)5-6-8-4/h5-6H2,1-3H3. The third kappa shape index (κ3) is 5.49. The van der Waals surface area contributed by atoms with Crippen LogP contribution >= 0.6 is 0 Å². The molecule has 0 heterocycles. The van der Waals surface area contributed by atoms with Crippen LogP contribution in [0, 0.1) is 12.0 Å². The minimum Gasteiger partial charge on any atom is -0.317 e. The molecule has 0 spiro atoms. The van der Waals surface area contributed by atoms with E-state index >= 15 is 0 Å². The van der Waals surface area contributed by atoms with Gasteiger partial charge in [0.25, 0.3) is 0 Å². The Balaban J connectivity index is 3.28. The van der Waals surface area contributed by atoms with Gasteiger partial charge in [0.1, 0.15) is 0 Å². The molecule has 0 radical (unpaired) electrons. The smallest absolute Gasteiger partial charge is 0.215 e. The van der Waals surface area contributed by atoms with Crippen LogP contribution in [0.15, 0.2) is 0 Å². The topological polar surface area (TPSA) is 4.36 Å². The van der Waals surface area contributed by atoms with Crippen molar-refractivity contribution >= 4 is 0 Å². The lowest BCUT2D eigenvalue weighted by Crippen LogP contribution is -2.05. The Morgan fingerprint density at radius 2 is 1.88 bits per heavy atom. The third-order valence-corrected chi connectivity index (χ3v) is 0.974. The van der Waals surface area contributed by atoms with E-state index in [-0.39, 0.29) is 0 Å². The number of nitrogens with zero attached hydrogens (tertiary/aromatic N) is 1. The summed E-state index contributed by atoms with van der Waals surface area (Å²) in [5.74, 6) is 0. The lowest BCUT2D eigenvalue weighted by molar-refractivity contribution is 0.393. The normalized spacial score (nSPS) is 10.8. The lowest BCUT2D eigenvalue weighted by Gasteiger charge is -2.12. The molecule has 0 aliphatic carbocycles. The van der Waals surface area contributed by atoms with E-state index in [1.54, 1.807) is 0 Å². The first kappa shape index (κ1) is 7.49. The van der Waals surface area contributed by atoms with Gasteiger partial charge in [-0.05, 0) is 5.41 Å². The van der Waals surface area contributed by atoms with Gasteiger partial charge >= 0.3 is 0 Å². The van der Waals surface area contributed by atoms with Crippen molar-refractivity contribution in [3.05, 3.63) is 11.4 Å². The quantitative estimate of drug-likeness (QED) is 0.457. The van der Waals surface area contributed by atoms with Crippen LogP contribution in [0.25, 0.3) is 4.85 Å². The van der Waals surface area contributed by atoms with Crippen LogP contribution in [0.3, 0.4) is 0 Å². The molecule has 0 aromatic heterocycles. The molecule has 0 saturated carbocycles. The summed E-state index contributed by atoms with van der Waals surface area (Å²) in [6.45, 7) is 13.6. The first-order valence-electron chi connectivity index (χ1n) is 2.89. The summed E-state index contributed by atoms with van der Waals surface area (Å²) in [5.41, 5.74) is 0.338. The molecule has 1 heteroatoms. The summed E-state index contributed by atoms with van der Waals surface area (Å²) in [6, 6.07) is 0. The first-order valence-corrected chi connectivity index (χ1v) is 2.89. The molecular weight excluding hydrogens is 98.1 g/mol. The molecule has 0 aromatic rings. The van der Waals surface area contributed by atoms with Crippen LogP contribution in [0.2, 0.25) is 0 Å². The van der Waals surface area contributed by atoms with Crippen LogP contribution in [0.1, 0.15) is 27.2 Å². The highest BCUT2D eigenvalue weighted by molar-refractivity contribution is 4.68. The second-order valence-electron chi connectivity index (χ2n) is 3.19. The molecule has 0 aliphatic rings. The summed E-state index contributed by atoms with van der Waals surface area (Å²) < 4.78 is 0. The largest absolute Gasteiger partial charge is 0.317 e. The molecule has 0 N–H and O–H groups in total. The van der Waals surface area contributed by atoms with Gasteiger partial charge in [0.2, 0.25) is 6.54 Å². The van der Waals surface area contributed by atoms with Crippen molar-refractivity contribution in [1.29, 1.82) is 0 Å². The number of hydrogen-bond acceptors (Lipinski definition) is 0. The second-order valence-corrected chi connectivity index (χ2v) is 3.19. The molecule has 0 atom stereocenters. The van der Waals surface area contributed by atoms with Gasteiger partial charge in [0.15, 0.2) is 0 Å². The monoisotopic (exact) mass is 111 g/mol. The van der Waals surface area contributed by atoms with Crippen LogP contribution in [-0.4, -0.2) is 6.54 Å². The second kappa shape index (κ2) is 2.71. The summed E-state index contributed by atoms with van der Waals surface area (Å²) in [5, 5.41) is 0. The molecule has 0 unspecified atom stereocenters. The molecule has 0 bridgehead atoms. The van der Waals surface area contributed by atoms with Crippen LogP contribution in [0.4, 0.5) is 0 Å². The fraction of sp³-hybridized carbons (Fsp3) is 0.857. The Morgan fingerprint density at radius 3 is 2.00 bits per heavy atom. The predicted octanol–water partition coefficient (Wildman–Crippen LogP) is 2.34. The van der Waals surface area contributed by atoms with Gasteiger partial charge in [-0.25, -0.2) is 6.57 Å². The van der Waals surface area contributed by atoms with E-state index in [1.165, 1.54) is 0 Å². The maximum Gasteiger partial charge on any atom is 0.215 e. The highest BCUT2D eigenvalue weighted by atomic mass is 14.6. The number of hydrogen-bond donors (Lipinski definition) is 0. The Kier molecular flexibility index (Phi) is 2.54. The van der Waals surface area contributed by atoms with E-state index in [4.69, 9.17) is 6.57 Å². The van der Waals surface area contributed by atoms with Crippen molar-refractivity contribution in [3.8, 4) is 0 Å². The van der Waals surface area contributed by atoms with Crippen molar-refractivity contribution in [2.24, 2.45) is 5.41 Å². The molecule has 0 aliphatic heterocycles. The Bertz CT molecular complexity index is 91.9. The van der Waals surface area contributed by atoms with Gasteiger partial charge < -0.3 is 4.85 Å². The van der Waals surface area contributed by atoms with Gasteiger partial charge in [0.05, 0.1) is 0 Å². The summed E-state index contributed by atoms with van der Waals surface area (Å²) >= 11 is 0. The maximum absolute atomic E-state index is 6.51. The predicted molar refractivity (Wildman–Crippen MR) is 35.5 cm³/mol. The molecule has 0 amide bonds. The van der Waals surface area contributed by atoms with E-state index in [0.717, 1.165) is 6.42 Å². The summed E-state index contributed by atoms with van der Waals surface area (Å²) in [4.78, 5) is 3.27. The fourth-order valence-electron chi connectivity index (χ4n) is 0.391. The van der Waals surface area contributed by atoms with Crippen LogP contribution in [0.5, 0.6) is 0 Å². The van der Waals surface area contributed by atoms with Crippen molar-refractivity contribution in [3.63, 3.8) is 0 Å². The molecule has 46 valence electrons. The van der Waals surface area contributed by atoms with Crippen LogP contribution < -0.4 is 0 Å². The van der Waals surface area contributed by atoms with Gasteiger partial charge in [-0.15, -0.1) is 0 Å². The molecule has 0 aromatic carbocycles. The van der Waals surface area contributed by atoms with Crippen molar-refractivity contribution in [1.82, 2.24) is 0 Å². The molecular formula is C7H13N. The van der Waals surface area contributed by atoms with E-state index in [0.29, 0.717) is 12.0 Å². The van der Waals surface area contributed by atoms with Crippen molar-refractivity contribution in [2.75, 3.05) is 6.54 Å². The summed E-state index contributed by atoms with van der Waals surface area (Å²) in [7, 11) is 0. The average Bonchev–Trinajstić information content (AvgIpc) is 1.59. The van der Waals surface area contributed by atoms with E-state index in [1.807, 2.05) is 0 Å². The summed E-state index contributed by atoms with van der Waals surface area (Å²) in [6.07, 6.45) is 1.01. The van der Waals surface area contributed by atoms with E-state index in [2.05, 4.69) is 25.6 Å².